The van der Waals surface area contributed by atoms with E-state index in [1.165, 1.54) is 12.1 Å². The van der Waals surface area contributed by atoms with Crippen molar-refractivity contribution in [2.75, 3.05) is 6.54 Å². The van der Waals surface area contributed by atoms with E-state index in [4.69, 9.17) is 0 Å². The van der Waals surface area contributed by atoms with Crippen molar-refractivity contribution < 1.29 is 14.0 Å². The Morgan fingerprint density at radius 1 is 0.848 bits per heavy atom. The molecular weight excluding hydrogens is 415 g/mol. The molecule has 0 saturated heterocycles. The zero-order valence-corrected chi connectivity index (χ0v) is 19.0. The van der Waals surface area contributed by atoms with Crippen LogP contribution in [0.25, 0.3) is 0 Å². The Balaban J connectivity index is 1.93. The van der Waals surface area contributed by atoms with Gasteiger partial charge >= 0.3 is 0 Å². The van der Waals surface area contributed by atoms with Gasteiger partial charge in [0.1, 0.15) is 11.9 Å². The molecule has 1 atom stereocenters. The van der Waals surface area contributed by atoms with E-state index in [0.29, 0.717) is 6.54 Å². The number of amides is 2. The van der Waals surface area contributed by atoms with Crippen LogP contribution in [-0.2, 0) is 22.6 Å². The summed E-state index contributed by atoms with van der Waals surface area (Å²) in [7, 11) is 0. The highest BCUT2D eigenvalue weighted by atomic mass is 19.1. The van der Waals surface area contributed by atoms with Gasteiger partial charge in [-0.25, -0.2) is 4.39 Å². The normalized spacial score (nSPS) is 11.6. The largest absolute Gasteiger partial charge is 0.354 e. The molecule has 3 aromatic rings. The Labute approximate surface area is 195 Å². The van der Waals surface area contributed by atoms with Gasteiger partial charge in [-0.15, -0.1) is 0 Å². The predicted molar refractivity (Wildman–Crippen MR) is 129 cm³/mol. The van der Waals surface area contributed by atoms with Crippen molar-refractivity contribution in [3.63, 3.8) is 0 Å². The molecule has 0 aliphatic rings. The minimum atomic E-state index is -0.783. The summed E-state index contributed by atoms with van der Waals surface area (Å²) in [5.74, 6) is -0.710. The Hall–Kier alpha value is -3.47. The molecule has 33 heavy (non-hydrogen) atoms. The van der Waals surface area contributed by atoms with Gasteiger partial charge in [0.05, 0.1) is 6.42 Å². The number of carbonyl (C=O) groups excluding carboxylic acids is 2. The van der Waals surface area contributed by atoms with Gasteiger partial charge in [-0.05, 0) is 35.2 Å². The summed E-state index contributed by atoms with van der Waals surface area (Å²) < 4.78 is 13.5. The molecule has 1 N–H and O–H groups in total. The van der Waals surface area contributed by atoms with Crippen molar-refractivity contribution >= 4 is 11.8 Å². The smallest absolute Gasteiger partial charge is 0.247 e. The van der Waals surface area contributed by atoms with Crippen molar-refractivity contribution in [2.24, 2.45) is 0 Å². The number of nitrogens with one attached hydrogen (secondary N) is 1. The van der Waals surface area contributed by atoms with Gasteiger partial charge in [-0.3, -0.25) is 9.59 Å². The Morgan fingerprint density at radius 2 is 1.48 bits per heavy atom. The van der Waals surface area contributed by atoms with Crippen LogP contribution in [0.1, 0.15) is 48.9 Å². The van der Waals surface area contributed by atoms with Crippen molar-refractivity contribution in [1.82, 2.24) is 10.2 Å². The molecule has 3 aromatic carbocycles. The molecule has 0 aromatic heterocycles. The lowest BCUT2D eigenvalue weighted by Crippen LogP contribution is -2.44. The second-order valence-corrected chi connectivity index (χ2v) is 8.12. The summed E-state index contributed by atoms with van der Waals surface area (Å²) >= 11 is 0. The first kappa shape index (κ1) is 24.2. The van der Waals surface area contributed by atoms with Crippen molar-refractivity contribution in [2.45, 2.75) is 45.2 Å². The van der Waals surface area contributed by atoms with Crippen molar-refractivity contribution in [3.8, 4) is 0 Å². The van der Waals surface area contributed by atoms with E-state index >= 15 is 0 Å². The lowest BCUT2D eigenvalue weighted by Gasteiger charge is -2.32. The summed E-state index contributed by atoms with van der Waals surface area (Å²) in [6.07, 6.45) is 3.15. The van der Waals surface area contributed by atoms with Crippen LogP contribution in [0.5, 0.6) is 0 Å². The predicted octanol–water partition coefficient (Wildman–Crippen LogP) is 5.44. The SMILES string of the molecule is CCCCCNC(=O)[C@@H](c1ccccc1)N(Cc1ccc(F)cc1)C(=O)Cc1ccccc1. The number of nitrogens with zero attached hydrogens (tertiary/aromatic N) is 1. The van der Waals surface area contributed by atoms with E-state index in [2.05, 4.69) is 12.2 Å². The fraction of sp³-hybridized carbons (Fsp3) is 0.286. The van der Waals surface area contributed by atoms with E-state index in [0.717, 1.165) is 36.0 Å². The van der Waals surface area contributed by atoms with E-state index < -0.39 is 6.04 Å². The number of hydrogen-bond acceptors (Lipinski definition) is 2. The van der Waals surface area contributed by atoms with Crippen LogP contribution < -0.4 is 5.32 Å². The van der Waals surface area contributed by atoms with Crippen LogP contribution in [0.15, 0.2) is 84.9 Å². The fourth-order valence-corrected chi connectivity index (χ4v) is 3.77. The van der Waals surface area contributed by atoms with Gasteiger partial charge < -0.3 is 10.2 Å². The molecule has 0 fully saturated rings. The number of halogens is 1. The fourth-order valence-electron chi connectivity index (χ4n) is 3.77. The molecule has 4 nitrogen and oxygen atoms in total. The molecule has 0 radical (unpaired) electrons. The Bertz CT molecular complexity index is 1010. The molecule has 2 amide bonds. The molecule has 0 unspecified atom stereocenters. The summed E-state index contributed by atoms with van der Waals surface area (Å²) in [6.45, 7) is 2.88. The van der Waals surface area contributed by atoms with Crippen molar-refractivity contribution in [1.29, 1.82) is 0 Å². The van der Waals surface area contributed by atoms with E-state index in [1.807, 2.05) is 60.7 Å². The highest BCUT2D eigenvalue weighted by Crippen LogP contribution is 2.25. The zero-order valence-electron chi connectivity index (χ0n) is 19.0. The molecule has 5 heteroatoms. The van der Waals surface area contributed by atoms with Gasteiger partial charge in [0, 0.05) is 13.1 Å². The number of unbranched alkanes of at least 4 members (excludes halogenated alkanes) is 2. The average molecular weight is 447 g/mol. The Morgan fingerprint density at radius 3 is 2.12 bits per heavy atom. The van der Waals surface area contributed by atoms with Gasteiger partial charge in [-0.2, -0.15) is 0 Å². The summed E-state index contributed by atoms with van der Waals surface area (Å²) in [6, 6.07) is 24.1. The number of rotatable bonds is 11. The first-order valence-electron chi connectivity index (χ1n) is 11.5. The van der Waals surface area contributed by atoms with Crippen LogP contribution in [0, 0.1) is 5.82 Å². The number of hydrogen-bond donors (Lipinski definition) is 1. The minimum Gasteiger partial charge on any atom is -0.354 e. The molecule has 0 saturated carbocycles. The maximum absolute atomic E-state index is 13.6. The maximum Gasteiger partial charge on any atom is 0.247 e. The summed E-state index contributed by atoms with van der Waals surface area (Å²) in [5, 5.41) is 3.02. The molecule has 3 rings (SSSR count). The molecule has 0 heterocycles. The topological polar surface area (TPSA) is 49.4 Å². The molecule has 0 aliphatic heterocycles. The monoisotopic (exact) mass is 446 g/mol. The Kier molecular flexibility index (Phi) is 9.19. The van der Waals surface area contributed by atoms with Crippen LogP contribution in [0.4, 0.5) is 4.39 Å². The molecule has 0 bridgehead atoms. The lowest BCUT2D eigenvalue weighted by atomic mass is 10.0. The minimum absolute atomic E-state index is 0.164. The first-order valence-corrected chi connectivity index (χ1v) is 11.5. The summed E-state index contributed by atoms with van der Waals surface area (Å²) in [4.78, 5) is 28.5. The second kappa shape index (κ2) is 12.5. The van der Waals surface area contributed by atoms with E-state index in [-0.39, 0.29) is 30.6 Å². The van der Waals surface area contributed by atoms with Crippen LogP contribution in [0.3, 0.4) is 0 Å². The quantitative estimate of drug-likeness (QED) is 0.399. The standard InChI is InChI=1S/C28H31FN2O2/c1-2-3-10-19-30-28(33)27(24-13-8-5-9-14-24)31(21-23-15-17-25(29)18-16-23)26(32)20-22-11-6-4-7-12-22/h4-9,11-18,27H,2-3,10,19-21H2,1H3,(H,30,33)/t27-/m1/s1. The van der Waals surface area contributed by atoms with E-state index in [9.17, 15) is 14.0 Å². The number of benzene rings is 3. The third-order valence-corrected chi connectivity index (χ3v) is 5.54. The van der Waals surface area contributed by atoms with Crippen LogP contribution >= 0.6 is 0 Å². The van der Waals surface area contributed by atoms with Gasteiger partial charge in [0.15, 0.2) is 0 Å². The third kappa shape index (κ3) is 7.28. The molecular formula is C28H31FN2O2. The number of carbonyl (C=O) groups is 2. The average Bonchev–Trinajstić information content (AvgIpc) is 2.84. The lowest BCUT2D eigenvalue weighted by molar-refractivity contribution is -0.141. The van der Waals surface area contributed by atoms with Crippen molar-refractivity contribution in [3.05, 3.63) is 107 Å². The maximum atomic E-state index is 13.6. The second-order valence-electron chi connectivity index (χ2n) is 8.12. The molecule has 172 valence electrons. The highest BCUT2D eigenvalue weighted by Gasteiger charge is 2.31. The van der Waals surface area contributed by atoms with Crippen LogP contribution in [0.2, 0.25) is 0 Å². The third-order valence-electron chi connectivity index (χ3n) is 5.54. The van der Waals surface area contributed by atoms with Gasteiger partial charge in [0.25, 0.3) is 0 Å². The molecule has 0 spiro atoms. The van der Waals surface area contributed by atoms with Crippen LogP contribution in [-0.4, -0.2) is 23.3 Å². The van der Waals surface area contributed by atoms with Gasteiger partial charge in [-0.1, -0.05) is 92.6 Å². The first-order chi connectivity index (χ1) is 16.1. The van der Waals surface area contributed by atoms with Gasteiger partial charge in [0.2, 0.25) is 11.8 Å². The highest BCUT2D eigenvalue weighted by molar-refractivity contribution is 5.89. The summed E-state index contributed by atoms with van der Waals surface area (Å²) in [5.41, 5.74) is 2.38. The van der Waals surface area contributed by atoms with E-state index in [1.54, 1.807) is 17.0 Å². The zero-order chi connectivity index (χ0) is 23.5. The molecule has 0 aliphatic carbocycles.